The molecule has 1 heterocycles. The van der Waals surface area contributed by atoms with E-state index in [1.807, 2.05) is 30.4 Å². The highest BCUT2D eigenvalue weighted by Gasteiger charge is 1.91. The summed E-state index contributed by atoms with van der Waals surface area (Å²) in [6.45, 7) is 0. The van der Waals surface area contributed by atoms with Crippen molar-refractivity contribution in [1.82, 2.24) is 4.98 Å². The Morgan fingerprint density at radius 3 is 3.17 bits per heavy atom. The maximum Gasteiger partial charge on any atom is 0.108 e. The van der Waals surface area contributed by atoms with E-state index in [2.05, 4.69) is 4.98 Å². The SMILES string of the molecule is [B]C1=CC=c2cccnc2=CC1. The summed E-state index contributed by atoms with van der Waals surface area (Å²) in [6.07, 6.45) is 8.57. The molecule has 1 nitrogen and oxygen atoms in total. The van der Waals surface area contributed by atoms with E-state index in [0.717, 1.165) is 22.5 Å². The summed E-state index contributed by atoms with van der Waals surface area (Å²) in [5, 5.41) is 2.16. The second-order valence-corrected chi connectivity index (χ2v) is 2.79. The molecule has 12 heavy (non-hydrogen) atoms. The van der Waals surface area contributed by atoms with Gasteiger partial charge in [-0.15, -0.1) is 5.47 Å². The molecule has 0 spiro atoms. The first-order valence-corrected chi connectivity index (χ1v) is 3.94. The van der Waals surface area contributed by atoms with E-state index in [9.17, 15) is 0 Å². The van der Waals surface area contributed by atoms with Crippen molar-refractivity contribution >= 4 is 20.0 Å². The molecule has 56 valence electrons. The van der Waals surface area contributed by atoms with Crippen molar-refractivity contribution in [2.75, 3.05) is 0 Å². The maximum absolute atomic E-state index is 5.68. The molecule has 0 amide bonds. The predicted molar refractivity (Wildman–Crippen MR) is 50.9 cm³/mol. The Bertz CT molecular complexity index is 431. The van der Waals surface area contributed by atoms with Crippen LogP contribution in [0.3, 0.4) is 0 Å². The fourth-order valence-electron chi connectivity index (χ4n) is 1.22. The molecule has 2 radical (unpaired) electrons. The molecular weight excluding hydrogens is 145 g/mol. The van der Waals surface area contributed by atoms with E-state index in [-0.39, 0.29) is 0 Å². The van der Waals surface area contributed by atoms with Crippen molar-refractivity contribution in [1.29, 1.82) is 0 Å². The molecule has 0 unspecified atom stereocenters. The van der Waals surface area contributed by atoms with E-state index in [0.29, 0.717) is 0 Å². The molecule has 0 bridgehead atoms. The van der Waals surface area contributed by atoms with Gasteiger partial charge in [0.2, 0.25) is 0 Å². The number of rotatable bonds is 0. The first kappa shape index (κ1) is 7.35. The van der Waals surface area contributed by atoms with Crippen LogP contribution < -0.4 is 10.6 Å². The summed E-state index contributed by atoms with van der Waals surface area (Å²) < 4.78 is 0. The van der Waals surface area contributed by atoms with Gasteiger partial charge in [0.25, 0.3) is 0 Å². The van der Waals surface area contributed by atoms with Crippen LogP contribution in [-0.4, -0.2) is 12.8 Å². The van der Waals surface area contributed by atoms with Gasteiger partial charge in [0.15, 0.2) is 0 Å². The summed E-state index contributed by atoms with van der Waals surface area (Å²) in [6, 6.07) is 3.96. The molecule has 1 aliphatic rings. The minimum absolute atomic E-state index is 0.792. The third kappa shape index (κ3) is 1.33. The molecule has 0 atom stereocenters. The lowest BCUT2D eigenvalue weighted by molar-refractivity contribution is 1.21. The van der Waals surface area contributed by atoms with Crippen LogP contribution in [0.5, 0.6) is 0 Å². The molecule has 0 aromatic carbocycles. The first-order valence-electron chi connectivity index (χ1n) is 3.94. The molecule has 0 N–H and O–H groups in total. The standard InChI is InChI=1S/C10H8BN/c11-9-4-3-8-2-1-7-12-10(8)6-5-9/h1-4,6-7H,5H2. The van der Waals surface area contributed by atoms with Crippen LogP contribution in [0.1, 0.15) is 6.42 Å². The smallest absolute Gasteiger partial charge is 0.108 e. The van der Waals surface area contributed by atoms with Crippen LogP contribution in [0.15, 0.2) is 29.9 Å². The minimum Gasteiger partial charge on any atom is -0.257 e. The summed E-state index contributed by atoms with van der Waals surface area (Å²) in [5.41, 5.74) is 0.882. The van der Waals surface area contributed by atoms with Crippen LogP contribution >= 0.6 is 0 Å². The molecule has 0 saturated heterocycles. The van der Waals surface area contributed by atoms with Gasteiger partial charge in [0.1, 0.15) is 7.85 Å². The fraction of sp³-hybridized carbons (Fsp3) is 0.100. The van der Waals surface area contributed by atoms with Crippen LogP contribution in [0.2, 0.25) is 0 Å². The number of fused-ring (bicyclic) bond motifs is 1. The summed E-state index contributed by atoms with van der Waals surface area (Å²) in [7, 11) is 5.68. The van der Waals surface area contributed by atoms with Crippen LogP contribution in [-0.2, 0) is 0 Å². The third-order valence-electron chi connectivity index (χ3n) is 1.88. The van der Waals surface area contributed by atoms with E-state index in [1.165, 1.54) is 0 Å². The van der Waals surface area contributed by atoms with Crippen molar-refractivity contribution in [2.45, 2.75) is 6.42 Å². The van der Waals surface area contributed by atoms with Gasteiger partial charge < -0.3 is 0 Å². The lowest BCUT2D eigenvalue weighted by Gasteiger charge is -1.88. The fourth-order valence-corrected chi connectivity index (χ4v) is 1.22. The normalized spacial score (nSPS) is 14.8. The average Bonchev–Trinajstić information content (AvgIpc) is 2.29. The lowest BCUT2D eigenvalue weighted by atomic mass is 9.92. The Morgan fingerprint density at radius 1 is 1.33 bits per heavy atom. The van der Waals surface area contributed by atoms with Crippen molar-refractivity contribution in [3.63, 3.8) is 0 Å². The van der Waals surface area contributed by atoms with Crippen molar-refractivity contribution < 1.29 is 0 Å². The van der Waals surface area contributed by atoms with Gasteiger partial charge in [0.05, 0.1) is 5.35 Å². The highest BCUT2D eigenvalue weighted by Crippen LogP contribution is 1.97. The molecule has 0 fully saturated rings. The number of hydrogen-bond acceptors (Lipinski definition) is 1. The van der Waals surface area contributed by atoms with E-state index < -0.39 is 0 Å². The molecule has 2 heteroatoms. The molecule has 1 aliphatic carbocycles. The first-order chi connectivity index (χ1) is 5.86. The number of aromatic nitrogens is 1. The molecular formula is C10H8BN. The third-order valence-corrected chi connectivity index (χ3v) is 1.88. The zero-order valence-corrected chi connectivity index (χ0v) is 6.70. The van der Waals surface area contributed by atoms with Gasteiger partial charge in [-0.1, -0.05) is 24.3 Å². The Labute approximate surface area is 72.6 Å². The molecule has 0 aliphatic heterocycles. The van der Waals surface area contributed by atoms with E-state index in [1.54, 1.807) is 6.20 Å². The predicted octanol–water partition coefficient (Wildman–Crippen LogP) is 0.0987. The maximum atomic E-state index is 5.68. The summed E-state index contributed by atoms with van der Waals surface area (Å²) in [4.78, 5) is 4.24. The zero-order chi connectivity index (χ0) is 8.39. The lowest BCUT2D eigenvalue weighted by Crippen LogP contribution is -2.26. The number of hydrogen-bond donors (Lipinski definition) is 0. The van der Waals surface area contributed by atoms with Crippen LogP contribution in [0.25, 0.3) is 12.2 Å². The van der Waals surface area contributed by atoms with Gasteiger partial charge in [-0.25, -0.2) is 0 Å². The van der Waals surface area contributed by atoms with Crippen LogP contribution in [0, 0.1) is 0 Å². The summed E-state index contributed by atoms with van der Waals surface area (Å²) in [5.74, 6) is 0. The Kier molecular flexibility index (Phi) is 1.82. The van der Waals surface area contributed by atoms with Crippen molar-refractivity contribution in [3.8, 4) is 0 Å². The monoisotopic (exact) mass is 153 g/mol. The summed E-state index contributed by atoms with van der Waals surface area (Å²) >= 11 is 0. The van der Waals surface area contributed by atoms with Gasteiger partial charge in [-0.3, -0.25) is 4.98 Å². The Hall–Kier alpha value is -1.31. The van der Waals surface area contributed by atoms with Crippen molar-refractivity contribution in [2.24, 2.45) is 0 Å². The van der Waals surface area contributed by atoms with Gasteiger partial charge in [0, 0.05) is 6.20 Å². The number of pyridine rings is 1. The Balaban J connectivity index is 2.72. The molecule has 1 aromatic heterocycles. The topological polar surface area (TPSA) is 12.9 Å². The van der Waals surface area contributed by atoms with Gasteiger partial charge in [-0.05, 0) is 17.7 Å². The number of allylic oxidation sites excluding steroid dienone is 2. The molecule has 2 rings (SSSR count). The highest BCUT2D eigenvalue weighted by molar-refractivity contribution is 6.22. The van der Waals surface area contributed by atoms with E-state index >= 15 is 0 Å². The molecule has 1 aromatic rings. The van der Waals surface area contributed by atoms with E-state index in [4.69, 9.17) is 7.85 Å². The highest BCUT2D eigenvalue weighted by atomic mass is 14.6. The second kappa shape index (κ2) is 2.98. The van der Waals surface area contributed by atoms with Gasteiger partial charge >= 0.3 is 0 Å². The average molecular weight is 153 g/mol. The molecule has 0 saturated carbocycles. The zero-order valence-electron chi connectivity index (χ0n) is 6.70. The second-order valence-electron chi connectivity index (χ2n) is 2.79. The van der Waals surface area contributed by atoms with Gasteiger partial charge in [-0.2, -0.15) is 0 Å². The minimum atomic E-state index is 0.792. The number of nitrogens with zero attached hydrogens (tertiary/aromatic N) is 1. The Morgan fingerprint density at radius 2 is 2.25 bits per heavy atom. The van der Waals surface area contributed by atoms with Crippen LogP contribution in [0.4, 0.5) is 0 Å². The van der Waals surface area contributed by atoms with Crippen molar-refractivity contribution in [3.05, 3.63) is 40.4 Å². The largest absolute Gasteiger partial charge is 0.257 e. The quantitative estimate of drug-likeness (QED) is 0.481.